The molecule has 84 valence electrons. The van der Waals surface area contributed by atoms with E-state index in [1.54, 1.807) is 0 Å². The predicted octanol–water partition coefficient (Wildman–Crippen LogP) is 0.761. The zero-order valence-corrected chi connectivity index (χ0v) is 8.87. The number of hydrogen-bond acceptors (Lipinski definition) is 3. The average Bonchev–Trinajstić information content (AvgIpc) is 2.04. The molecule has 1 fully saturated rings. The second-order valence-electron chi connectivity index (χ2n) is 3.83. The Labute approximate surface area is 89.9 Å². The molecule has 0 aliphatic heterocycles. The van der Waals surface area contributed by atoms with Gasteiger partial charge >= 0.3 is 5.97 Å². The van der Waals surface area contributed by atoms with Crippen LogP contribution >= 0.6 is 12.4 Å². The highest BCUT2D eigenvalue weighted by atomic mass is 35.5. The highest BCUT2D eigenvalue weighted by molar-refractivity contribution is 5.85. The van der Waals surface area contributed by atoms with Crippen molar-refractivity contribution in [2.45, 2.75) is 44.2 Å². The summed E-state index contributed by atoms with van der Waals surface area (Å²) < 4.78 is 0. The summed E-state index contributed by atoms with van der Waals surface area (Å²) in [5, 5.41) is 17.8. The monoisotopic (exact) mass is 223 g/mol. The first-order chi connectivity index (χ1) is 6.09. The molecule has 0 aromatic heterocycles. The number of aliphatic hydroxyl groups excluding tert-OH is 1. The van der Waals surface area contributed by atoms with Crippen LogP contribution in [0.4, 0.5) is 0 Å². The number of nitrogens with two attached hydrogens (primary N) is 1. The van der Waals surface area contributed by atoms with Gasteiger partial charge in [0.2, 0.25) is 0 Å². The van der Waals surface area contributed by atoms with Gasteiger partial charge in [-0.2, -0.15) is 0 Å². The highest BCUT2D eigenvalue weighted by Gasteiger charge is 2.25. The molecule has 4 nitrogen and oxygen atoms in total. The van der Waals surface area contributed by atoms with Gasteiger partial charge in [-0.15, -0.1) is 12.4 Å². The number of halogens is 1. The first-order valence-corrected chi connectivity index (χ1v) is 4.75. The molecular formula is C9H18ClNO3. The zero-order valence-electron chi connectivity index (χ0n) is 8.06. The van der Waals surface area contributed by atoms with Gasteiger partial charge in [0.25, 0.3) is 0 Å². The van der Waals surface area contributed by atoms with Crippen molar-refractivity contribution in [1.82, 2.24) is 0 Å². The standard InChI is InChI=1S/C9H17NO3.ClH/c10-8(5-9(12)13)6-1-3-7(11)4-2-6;/h6-8,11H,1-5,10H2,(H,12,13);1H. The van der Waals surface area contributed by atoms with Crippen LogP contribution in [0.2, 0.25) is 0 Å². The van der Waals surface area contributed by atoms with Crippen LogP contribution in [0.25, 0.3) is 0 Å². The molecule has 4 N–H and O–H groups in total. The van der Waals surface area contributed by atoms with Crippen LogP contribution in [0.5, 0.6) is 0 Å². The van der Waals surface area contributed by atoms with Crippen LogP contribution in [-0.4, -0.2) is 28.3 Å². The van der Waals surface area contributed by atoms with Crippen molar-refractivity contribution in [3.05, 3.63) is 0 Å². The summed E-state index contributed by atoms with van der Waals surface area (Å²) in [6, 6.07) is -0.245. The number of carbonyl (C=O) groups is 1. The van der Waals surface area contributed by atoms with E-state index < -0.39 is 5.97 Å². The van der Waals surface area contributed by atoms with Crippen LogP contribution < -0.4 is 5.73 Å². The van der Waals surface area contributed by atoms with Gasteiger partial charge in [0.05, 0.1) is 12.5 Å². The van der Waals surface area contributed by atoms with Crippen molar-refractivity contribution in [1.29, 1.82) is 0 Å². The van der Waals surface area contributed by atoms with Gasteiger partial charge in [-0.3, -0.25) is 4.79 Å². The molecule has 5 heteroatoms. The third-order valence-electron chi connectivity index (χ3n) is 2.76. The number of carboxylic acid groups (broad SMARTS) is 1. The van der Waals surface area contributed by atoms with Crippen molar-refractivity contribution in [3.8, 4) is 0 Å². The smallest absolute Gasteiger partial charge is 0.304 e. The molecule has 1 rings (SSSR count). The molecule has 0 heterocycles. The molecule has 1 aliphatic rings. The summed E-state index contributed by atoms with van der Waals surface area (Å²) in [4.78, 5) is 10.4. The van der Waals surface area contributed by atoms with Crippen LogP contribution in [0.1, 0.15) is 32.1 Å². The van der Waals surface area contributed by atoms with Gasteiger partial charge < -0.3 is 15.9 Å². The van der Waals surface area contributed by atoms with E-state index in [1.807, 2.05) is 0 Å². The summed E-state index contributed by atoms with van der Waals surface area (Å²) >= 11 is 0. The molecule has 1 unspecified atom stereocenters. The lowest BCUT2D eigenvalue weighted by Gasteiger charge is -2.29. The summed E-state index contributed by atoms with van der Waals surface area (Å²) in [5.41, 5.74) is 5.73. The number of aliphatic carboxylic acids is 1. The van der Waals surface area contributed by atoms with Crippen LogP contribution in [0.3, 0.4) is 0 Å². The SMILES string of the molecule is Cl.NC(CC(=O)O)C1CCC(O)CC1. The Bertz CT molecular complexity index is 181. The molecule has 0 spiro atoms. The number of hydrogen-bond donors (Lipinski definition) is 3. The minimum absolute atomic E-state index is 0. The minimum atomic E-state index is -0.835. The van der Waals surface area contributed by atoms with E-state index in [2.05, 4.69) is 0 Å². The van der Waals surface area contributed by atoms with Gasteiger partial charge in [0, 0.05) is 6.04 Å². The average molecular weight is 224 g/mol. The molecule has 0 aromatic carbocycles. The van der Waals surface area contributed by atoms with E-state index in [9.17, 15) is 9.90 Å². The third-order valence-corrected chi connectivity index (χ3v) is 2.76. The van der Waals surface area contributed by atoms with E-state index in [1.165, 1.54) is 0 Å². The second kappa shape index (κ2) is 6.22. The largest absolute Gasteiger partial charge is 0.481 e. The lowest BCUT2D eigenvalue weighted by molar-refractivity contribution is -0.137. The number of rotatable bonds is 3. The summed E-state index contributed by atoms with van der Waals surface area (Å²) in [5.74, 6) is -0.557. The highest BCUT2D eigenvalue weighted by Crippen LogP contribution is 2.27. The maximum atomic E-state index is 10.4. The lowest BCUT2D eigenvalue weighted by atomic mass is 9.82. The van der Waals surface area contributed by atoms with Crippen molar-refractivity contribution >= 4 is 18.4 Å². The maximum absolute atomic E-state index is 10.4. The van der Waals surface area contributed by atoms with Gasteiger partial charge in [-0.05, 0) is 31.6 Å². The van der Waals surface area contributed by atoms with Crippen molar-refractivity contribution in [3.63, 3.8) is 0 Å². The van der Waals surface area contributed by atoms with Crippen LogP contribution in [0, 0.1) is 5.92 Å². The fourth-order valence-electron chi connectivity index (χ4n) is 1.90. The topological polar surface area (TPSA) is 83.6 Å². The first-order valence-electron chi connectivity index (χ1n) is 4.75. The molecule has 1 aliphatic carbocycles. The van der Waals surface area contributed by atoms with E-state index in [4.69, 9.17) is 10.8 Å². The number of aliphatic hydroxyl groups is 1. The molecule has 1 saturated carbocycles. The maximum Gasteiger partial charge on any atom is 0.304 e. The fourth-order valence-corrected chi connectivity index (χ4v) is 1.90. The first kappa shape index (κ1) is 13.7. The molecule has 0 radical (unpaired) electrons. The van der Waals surface area contributed by atoms with Gasteiger partial charge in [0.15, 0.2) is 0 Å². The zero-order chi connectivity index (χ0) is 9.84. The molecule has 0 aromatic rings. The van der Waals surface area contributed by atoms with Crippen molar-refractivity contribution < 1.29 is 15.0 Å². The fraction of sp³-hybridized carbons (Fsp3) is 0.889. The molecule has 0 saturated heterocycles. The third kappa shape index (κ3) is 4.26. The predicted molar refractivity (Wildman–Crippen MR) is 55.4 cm³/mol. The van der Waals surface area contributed by atoms with Gasteiger partial charge in [0.1, 0.15) is 0 Å². The molecule has 14 heavy (non-hydrogen) atoms. The summed E-state index contributed by atoms with van der Waals surface area (Å²) in [6.07, 6.45) is 3.08. The molecular weight excluding hydrogens is 206 g/mol. The Balaban J connectivity index is 0.00000169. The van der Waals surface area contributed by atoms with Gasteiger partial charge in [-0.1, -0.05) is 0 Å². The van der Waals surface area contributed by atoms with E-state index in [0.29, 0.717) is 0 Å². The summed E-state index contributed by atoms with van der Waals surface area (Å²) in [7, 11) is 0. The normalized spacial score (nSPS) is 29.0. The Morgan fingerprint density at radius 3 is 2.29 bits per heavy atom. The van der Waals surface area contributed by atoms with E-state index >= 15 is 0 Å². The van der Waals surface area contributed by atoms with E-state index in [-0.39, 0.29) is 36.9 Å². The Hall–Kier alpha value is -0.320. The quantitative estimate of drug-likeness (QED) is 0.660. The van der Waals surface area contributed by atoms with Gasteiger partial charge in [-0.25, -0.2) is 0 Å². The molecule has 1 atom stereocenters. The minimum Gasteiger partial charge on any atom is -0.481 e. The van der Waals surface area contributed by atoms with Crippen LogP contribution in [-0.2, 0) is 4.79 Å². The Morgan fingerprint density at radius 1 is 1.36 bits per heavy atom. The molecule has 0 bridgehead atoms. The van der Waals surface area contributed by atoms with Crippen molar-refractivity contribution in [2.75, 3.05) is 0 Å². The number of carboxylic acids is 1. The summed E-state index contributed by atoms with van der Waals surface area (Å²) in [6.45, 7) is 0. The van der Waals surface area contributed by atoms with Crippen molar-refractivity contribution in [2.24, 2.45) is 11.7 Å². The lowest BCUT2D eigenvalue weighted by Crippen LogP contribution is -2.35. The van der Waals surface area contributed by atoms with Crippen LogP contribution in [0.15, 0.2) is 0 Å². The Morgan fingerprint density at radius 2 is 1.86 bits per heavy atom. The van der Waals surface area contributed by atoms with E-state index in [0.717, 1.165) is 25.7 Å². The molecule has 0 amide bonds. The Kier molecular flexibility index (Phi) is 6.08. The second-order valence-corrected chi connectivity index (χ2v) is 3.83.